The molecule has 0 aromatic heterocycles. The average molecular weight is 318 g/mol. The number of hydrogen-bond donors (Lipinski definition) is 2. The molecule has 3 N–H and O–H groups in total. The fourth-order valence-corrected chi connectivity index (χ4v) is 7.48. The Hall–Kier alpha value is -0.340. The zero-order chi connectivity index (χ0) is 16.4. The highest BCUT2D eigenvalue weighted by Crippen LogP contribution is 2.66. The van der Waals surface area contributed by atoms with Gasteiger partial charge in [0.1, 0.15) is 0 Å². The third-order valence-corrected chi connectivity index (χ3v) is 8.86. The quantitative estimate of drug-likeness (QED) is 0.714. The molecule has 4 aliphatic carbocycles. The lowest BCUT2D eigenvalue weighted by Crippen LogP contribution is -2.53. The van der Waals surface area contributed by atoms with E-state index in [0.29, 0.717) is 28.7 Å². The van der Waals surface area contributed by atoms with E-state index in [4.69, 9.17) is 5.73 Å². The van der Waals surface area contributed by atoms with E-state index in [1.54, 1.807) is 0 Å². The molecule has 0 aromatic rings. The van der Waals surface area contributed by atoms with Gasteiger partial charge in [-0.25, -0.2) is 0 Å². The zero-order valence-electron chi connectivity index (χ0n) is 15.2. The van der Waals surface area contributed by atoms with Gasteiger partial charge in [-0.1, -0.05) is 26.0 Å². The zero-order valence-corrected chi connectivity index (χ0v) is 15.2. The number of aliphatic hydroxyl groups excluding tert-OH is 1. The molecule has 23 heavy (non-hydrogen) atoms. The summed E-state index contributed by atoms with van der Waals surface area (Å²) in [6.45, 7) is 7.06. The number of nitrogens with two attached hydrogens (primary N) is 1. The molecule has 2 nitrogen and oxygen atoms in total. The second-order valence-corrected chi connectivity index (χ2v) is 9.79. The molecule has 0 unspecified atom stereocenters. The van der Waals surface area contributed by atoms with E-state index >= 15 is 0 Å². The summed E-state index contributed by atoms with van der Waals surface area (Å²) < 4.78 is 0. The summed E-state index contributed by atoms with van der Waals surface area (Å²) >= 11 is 0. The minimum atomic E-state index is -0.148. The lowest BCUT2D eigenvalue weighted by molar-refractivity contribution is -0.0745. The normalized spacial score (nSPS) is 56.6. The number of hydrogen-bond acceptors (Lipinski definition) is 2. The Bertz CT molecular complexity index is 500. The first kappa shape index (κ1) is 16.1. The van der Waals surface area contributed by atoms with Gasteiger partial charge in [0.2, 0.25) is 0 Å². The monoisotopic (exact) mass is 317 g/mol. The molecule has 130 valence electrons. The second kappa shape index (κ2) is 5.33. The fourth-order valence-electron chi connectivity index (χ4n) is 7.48. The van der Waals surface area contributed by atoms with Crippen molar-refractivity contribution in [2.24, 2.45) is 46.2 Å². The Labute approximate surface area is 141 Å². The topological polar surface area (TPSA) is 46.2 Å². The first-order chi connectivity index (χ1) is 10.9. The summed E-state index contributed by atoms with van der Waals surface area (Å²) in [5.41, 5.74) is 7.09. The highest BCUT2D eigenvalue weighted by molar-refractivity contribution is 5.18. The molecule has 4 aliphatic rings. The molecular weight excluding hydrogens is 282 g/mol. The van der Waals surface area contributed by atoms with Crippen LogP contribution < -0.4 is 5.73 Å². The number of fused-ring (bicyclic) bond motifs is 5. The average Bonchev–Trinajstić information content (AvgIpc) is 2.85. The molecular formula is C21H35NO. The Morgan fingerprint density at radius 1 is 1.00 bits per heavy atom. The van der Waals surface area contributed by atoms with Gasteiger partial charge in [-0.05, 0) is 92.3 Å². The molecule has 0 bridgehead atoms. The Kier molecular flexibility index (Phi) is 3.74. The van der Waals surface area contributed by atoms with Crippen molar-refractivity contribution in [3.8, 4) is 0 Å². The first-order valence-corrected chi connectivity index (χ1v) is 9.98. The molecule has 0 amide bonds. The molecule has 3 fully saturated rings. The summed E-state index contributed by atoms with van der Waals surface area (Å²) in [7, 11) is 0. The highest BCUT2D eigenvalue weighted by Gasteiger charge is 2.59. The van der Waals surface area contributed by atoms with E-state index in [0.717, 1.165) is 17.8 Å². The van der Waals surface area contributed by atoms with Crippen LogP contribution in [0.4, 0.5) is 0 Å². The van der Waals surface area contributed by atoms with E-state index in [2.05, 4.69) is 26.0 Å². The van der Waals surface area contributed by atoms with Crippen molar-refractivity contribution >= 4 is 0 Å². The van der Waals surface area contributed by atoms with Crippen LogP contribution in [0, 0.1) is 40.4 Å². The van der Waals surface area contributed by atoms with Gasteiger partial charge in [-0.3, -0.25) is 0 Å². The van der Waals surface area contributed by atoms with Crippen LogP contribution in [0.2, 0.25) is 0 Å². The maximum absolute atomic E-state index is 10.3. The van der Waals surface area contributed by atoms with Crippen LogP contribution in [0.5, 0.6) is 0 Å². The molecule has 2 heteroatoms. The van der Waals surface area contributed by atoms with Crippen LogP contribution in [0.3, 0.4) is 0 Å². The van der Waals surface area contributed by atoms with Crippen LogP contribution in [-0.2, 0) is 0 Å². The van der Waals surface area contributed by atoms with Crippen LogP contribution in [0.25, 0.3) is 0 Å². The number of allylic oxidation sites excluding steroid dienone is 2. The molecule has 0 aromatic carbocycles. The Morgan fingerprint density at radius 3 is 2.43 bits per heavy atom. The minimum Gasteiger partial charge on any atom is -0.393 e. The second-order valence-electron chi connectivity index (χ2n) is 9.79. The lowest BCUT2D eigenvalue weighted by atomic mass is 9.46. The van der Waals surface area contributed by atoms with Crippen molar-refractivity contribution < 1.29 is 5.11 Å². The number of aliphatic hydroxyl groups is 1. The predicted octanol–water partition coefficient (Wildman–Crippen LogP) is 4.13. The summed E-state index contributed by atoms with van der Waals surface area (Å²) in [6, 6.07) is 0.411. The standard InChI is InChI=1S/C21H35NO/c1-13(23)17-6-7-18-16-5-4-14-12-15(22)8-10-20(14,2)19(16)9-11-21(17,18)3/h4-5,13-19,23H,6-12,22H2,1-3H3/t13-,14-,15+,16+,17+,18+,19-,20-,21+/m0/s1. The molecule has 0 aliphatic heterocycles. The van der Waals surface area contributed by atoms with Crippen LogP contribution >= 0.6 is 0 Å². The van der Waals surface area contributed by atoms with Crippen LogP contribution in [-0.4, -0.2) is 17.3 Å². The SMILES string of the molecule is C[C@H](O)[C@H]1CC[C@@H]2[C@H]3C=C[C@H]4C[C@H](N)CC[C@]4(C)[C@H]3CC[C@@]21C. The maximum atomic E-state index is 10.3. The lowest BCUT2D eigenvalue weighted by Gasteiger charge is -2.59. The van der Waals surface area contributed by atoms with Gasteiger partial charge in [0, 0.05) is 6.04 Å². The van der Waals surface area contributed by atoms with E-state index < -0.39 is 0 Å². The van der Waals surface area contributed by atoms with Gasteiger partial charge in [-0.2, -0.15) is 0 Å². The molecule has 9 atom stereocenters. The Balaban J connectivity index is 1.65. The maximum Gasteiger partial charge on any atom is 0.0545 e. The van der Waals surface area contributed by atoms with Gasteiger partial charge in [0.15, 0.2) is 0 Å². The van der Waals surface area contributed by atoms with Crippen molar-refractivity contribution in [1.29, 1.82) is 0 Å². The molecule has 0 heterocycles. The van der Waals surface area contributed by atoms with Crippen molar-refractivity contribution in [3.05, 3.63) is 12.2 Å². The van der Waals surface area contributed by atoms with Crippen molar-refractivity contribution in [3.63, 3.8) is 0 Å². The van der Waals surface area contributed by atoms with E-state index in [1.165, 1.54) is 44.9 Å². The molecule has 0 spiro atoms. The van der Waals surface area contributed by atoms with Crippen molar-refractivity contribution in [2.75, 3.05) is 0 Å². The predicted molar refractivity (Wildman–Crippen MR) is 94.8 cm³/mol. The minimum absolute atomic E-state index is 0.148. The smallest absolute Gasteiger partial charge is 0.0545 e. The summed E-state index contributed by atoms with van der Waals surface area (Å²) in [4.78, 5) is 0. The number of rotatable bonds is 1. The van der Waals surface area contributed by atoms with E-state index in [9.17, 15) is 5.11 Å². The largest absolute Gasteiger partial charge is 0.393 e. The van der Waals surface area contributed by atoms with Gasteiger partial charge in [-0.15, -0.1) is 0 Å². The van der Waals surface area contributed by atoms with Crippen molar-refractivity contribution in [2.45, 2.75) is 77.9 Å². The summed E-state index contributed by atoms with van der Waals surface area (Å²) in [6.07, 6.45) is 13.9. The van der Waals surface area contributed by atoms with Gasteiger partial charge < -0.3 is 10.8 Å². The molecule has 0 radical (unpaired) electrons. The van der Waals surface area contributed by atoms with Crippen molar-refractivity contribution in [1.82, 2.24) is 0 Å². The molecule has 0 saturated heterocycles. The van der Waals surface area contributed by atoms with Crippen LogP contribution in [0.1, 0.15) is 65.7 Å². The van der Waals surface area contributed by atoms with Gasteiger partial charge in [0.25, 0.3) is 0 Å². The van der Waals surface area contributed by atoms with Gasteiger partial charge in [0.05, 0.1) is 6.10 Å². The Morgan fingerprint density at radius 2 is 1.70 bits per heavy atom. The molecule has 3 saturated carbocycles. The third-order valence-electron chi connectivity index (χ3n) is 8.86. The van der Waals surface area contributed by atoms with E-state index in [1.807, 2.05) is 6.92 Å². The highest BCUT2D eigenvalue weighted by atomic mass is 16.3. The van der Waals surface area contributed by atoms with Crippen LogP contribution in [0.15, 0.2) is 12.2 Å². The summed E-state index contributed by atoms with van der Waals surface area (Å²) in [5.74, 6) is 3.58. The molecule has 4 rings (SSSR count). The fraction of sp³-hybridized carbons (Fsp3) is 0.905. The van der Waals surface area contributed by atoms with E-state index in [-0.39, 0.29) is 6.10 Å². The summed E-state index contributed by atoms with van der Waals surface area (Å²) in [5, 5.41) is 10.3. The van der Waals surface area contributed by atoms with Gasteiger partial charge >= 0.3 is 0 Å². The third kappa shape index (κ3) is 2.20. The first-order valence-electron chi connectivity index (χ1n) is 9.98.